The maximum Gasteiger partial charge on any atom is 0.0134 e. The van der Waals surface area contributed by atoms with E-state index in [2.05, 4.69) is 13.5 Å². The smallest absolute Gasteiger partial charge is 0.0134 e. The van der Waals surface area contributed by atoms with Gasteiger partial charge in [0.15, 0.2) is 0 Å². The first kappa shape index (κ1) is 10.7. The highest BCUT2D eigenvalue weighted by Gasteiger charge is 1.91. The normalized spacial score (nSPS) is 10.0. The molecular weight excluding hydrogens is 134 g/mol. The fourth-order valence-corrected chi connectivity index (χ4v) is 1.08. The van der Waals surface area contributed by atoms with Gasteiger partial charge in [-0.3, -0.25) is 0 Å². The molecule has 0 unspecified atom stereocenters. The molecular formula is C10H21N. The molecule has 0 aliphatic carbocycles. The molecule has 0 aromatic carbocycles. The van der Waals surface area contributed by atoms with Gasteiger partial charge in [0.25, 0.3) is 0 Å². The summed E-state index contributed by atoms with van der Waals surface area (Å²) in [6.45, 7) is 6.76. The highest BCUT2D eigenvalue weighted by atomic mass is 14.5. The molecule has 0 radical (unpaired) electrons. The van der Waals surface area contributed by atoms with E-state index < -0.39 is 0 Å². The maximum atomic E-state index is 5.41. The zero-order chi connectivity index (χ0) is 8.53. The van der Waals surface area contributed by atoms with E-state index in [0.29, 0.717) is 6.54 Å². The minimum Gasteiger partial charge on any atom is -0.327 e. The van der Waals surface area contributed by atoms with Gasteiger partial charge in [0, 0.05) is 6.54 Å². The Morgan fingerprint density at radius 2 is 1.82 bits per heavy atom. The third kappa shape index (κ3) is 7.60. The average Bonchev–Trinajstić information content (AvgIpc) is 2.04. The quantitative estimate of drug-likeness (QED) is 0.444. The standard InChI is InChI=1S/C10H21N/c1-3-4-5-6-7-8-10(2)9-11/h2-9,11H2,1H3. The van der Waals surface area contributed by atoms with E-state index in [9.17, 15) is 0 Å². The lowest BCUT2D eigenvalue weighted by atomic mass is 10.1. The first-order chi connectivity index (χ1) is 5.31. The molecule has 0 rings (SSSR count). The van der Waals surface area contributed by atoms with Gasteiger partial charge in [-0.1, -0.05) is 44.8 Å². The second kappa shape index (κ2) is 7.80. The van der Waals surface area contributed by atoms with Crippen LogP contribution in [0.1, 0.15) is 45.4 Å². The Hall–Kier alpha value is -0.300. The van der Waals surface area contributed by atoms with Crippen molar-refractivity contribution in [1.82, 2.24) is 0 Å². The summed E-state index contributed by atoms with van der Waals surface area (Å²) >= 11 is 0. The summed E-state index contributed by atoms with van der Waals surface area (Å²) in [6, 6.07) is 0. The molecule has 11 heavy (non-hydrogen) atoms. The van der Waals surface area contributed by atoms with Gasteiger partial charge < -0.3 is 5.73 Å². The third-order valence-electron chi connectivity index (χ3n) is 1.92. The fraction of sp³-hybridized carbons (Fsp3) is 0.800. The Morgan fingerprint density at radius 3 is 2.36 bits per heavy atom. The highest BCUT2D eigenvalue weighted by Crippen LogP contribution is 2.08. The Balaban J connectivity index is 2.95. The van der Waals surface area contributed by atoms with E-state index in [4.69, 9.17) is 5.73 Å². The number of nitrogens with two attached hydrogens (primary N) is 1. The van der Waals surface area contributed by atoms with E-state index >= 15 is 0 Å². The fourth-order valence-electron chi connectivity index (χ4n) is 1.08. The van der Waals surface area contributed by atoms with Crippen molar-refractivity contribution < 1.29 is 0 Å². The van der Waals surface area contributed by atoms with Crippen LogP contribution in [0.2, 0.25) is 0 Å². The van der Waals surface area contributed by atoms with Crippen molar-refractivity contribution in [2.75, 3.05) is 6.54 Å². The van der Waals surface area contributed by atoms with Crippen molar-refractivity contribution >= 4 is 0 Å². The summed E-state index contributed by atoms with van der Waals surface area (Å²) in [7, 11) is 0. The number of rotatable bonds is 7. The Morgan fingerprint density at radius 1 is 1.18 bits per heavy atom. The van der Waals surface area contributed by atoms with E-state index in [1.165, 1.54) is 37.7 Å². The zero-order valence-corrected chi connectivity index (χ0v) is 7.73. The minimum atomic E-state index is 0.660. The molecule has 0 aliphatic rings. The van der Waals surface area contributed by atoms with Gasteiger partial charge in [0.1, 0.15) is 0 Å². The molecule has 0 saturated heterocycles. The van der Waals surface area contributed by atoms with Crippen molar-refractivity contribution in [2.24, 2.45) is 5.73 Å². The Kier molecular flexibility index (Phi) is 7.59. The largest absolute Gasteiger partial charge is 0.327 e. The molecule has 0 heterocycles. The average molecular weight is 155 g/mol. The van der Waals surface area contributed by atoms with Gasteiger partial charge in [-0.15, -0.1) is 0 Å². The second-order valence-electron chi connectivity index (χ2n) is 3.12. The zero-order valence-electron chi connectivity index (χ0n) is 7.73. The monoisotopic (exact) mass is 155 g/mol. The summed E-state index contributed by atoms with van der Waals surface area (Å²) < 4.78 is 0. The molecule has 1 nitrogen and oxygen atoms in total. The number of unbranched alkanes of at least 4 members (excludes halogenated alkanes) is 4. The summed E-state index contributed by atoms with van der Waals surface area (Å²) in [5, 5.41) is 0. The SMILES string of the molecule is C=C(CN)CCCCCCC. The lowest BCUT2D eigenvalue weighted by molar-refractivity contribution is 0.629. The summed E-state index contributed by atoms with van der Waals surface area (Å²) in [5.74, 6) is 0. The van der Waals surface area contributed by atoms with Crippen molar-refractivity contribution in [1.29, 1.82) is 0 Å². The Labute approximate surface area is 70.7 Å². The predicted octanol–water partition coefficient (Wildman–Crippen LogP) is 2.86. The molecule has 66 valence electrons. The molecule has 0 amide bonds. The van der Waals surface area contributed by atoms with Crippen molar-refractivity contribution in [3.8, 4) is 0 Å². The van der Waals surface area contributed by atoms with Crippen LogP contribution in [0.25, 0.3) is 0 Å². The molecule has 0 spiro atoms. The molecule has 0 fully saturated rings. The first-order valence-corrected chi connectivity index (χ1v) is 4.68. The van der Waals surface area contributed by atoms with Crippen LogP contribution in [-0.4, -0.2) is 6.54 Å². The van der Waals surface area contributed by atoms with Crippen LogP contribution >= 0.6 is 0 Å². The number of hydrogen-bond acceptors (Lipinski definition) is 1. The van der Waals surface area contributed by atoms with Gasteiger partial charge in [-0.2, -0.15) is 0 Å². The lowest BCUT2D eigenvalue weighted by Gasteiger charge is -2.01. The maximum absolute atomic E-state index is 5.41. The van der Waals surface area contributed by atoms with Crippen LogP contribution in [0, 0.1) is 0 Å². The van der Waals surface area contributed by atoms with Crippen LogP contribution in [0.4, 0.5) is 0 Å². The molecule has 1 heteroatoms. The van der Waals surface area contributed by atoms with Crippen LogP contribution in [0.5, 0.6) is 0 Å². The summed E-state index contributed by atoms with van der Waals surface area (Å²) in [6.07, 6.45) is 7.80. The van der Waals surface area contributed by atoms with Gasteiger partial charge in [0.2, 0.25) is 0 Å². The van der Waals surface area contributed by atoms with Crippen molar-refractivity contribution in [2.45, 2.75) is 45.4 Å². The van der Waals surface area contributed by atoms with E-state index in [1.54, 1.807) is 0 Å². The summed E-state index contributed by atoms with van der Waals surface area (Å²) in [5.41, 5.74) is 6.61. The molecule has 0 aromatic rings. The highest BCUT2D eigenvalue weighted by molar-refractivity contribution is 4.94. The van der Waals surface area contributed by atoms with Gasteiger partial charge in [-0.25, -0.2) is 0 Å². The van der Waals surface area contributed by atoms with Gasteiger partial charge in [-0.05, 0) is 12.8 Å². The second-order valence-corrected chi connectivity index (χ2v) is 3.12. The minimum absolute atomic E-state index is 0.660. The van der Waals surface area contributed by atoms with Crippen LogP contribution < -0.4 is 5.73 Å². The molecule has 0 bridgehead atoms. The first-order valence-electron chi connectivity index (χ1n) is 4.68. The van der Waals surface area contributed by atoms with Gasteiger partial charge >= 0.3 is 0 Å². The summed E-state index contributed by atoms with van der Waals surface area (Å²) in [4.78, 5) is 0. The molecule has 0 saturated carbocycles. The lowest BCUT2D eigenvalue weighted by Crippen LogP contribution is -2.01. The van der Waals surface area contributed by atoms with E-state index in [0.717, 1.165) is 6.42 Å². The Bertz CT molecular complexity index is 97.0. The predicted molar refractivity (Wildman–Crippen MR) is 51.6 cm³/mol. The molecule has 0 aromatic heterocycles. The van der Waals surface area contributed by atoms with E-state index in [-0.39, 0.29) is 0 Å². The molecule has 0 aliphatic heterocycles. The van der Waals surface area contributed by atoms with Crippen LogP contribution in [-0.2, 0) is 0 Å². The van der Waals surface area contributed by atoms with Crippen LogP contribution in [0.15, 0.2) is 12.2 Å². The third-order valence-corrected chi connectivity index (χ3v) is 1.92. The van der Waals surface area contributed by atoms with Crippen molar-refractivity contribution in [3.63, 3.8) is 0 Å². The topological polar surface area (TPSA) is 26.0 Å². The van der Waals surface area contributed by atoms with Crippen LogP contribution in [0.3, 0.4) is 0 Å². The molecule has 2 N–H and O–H groups in total. The van der Waals surface area contributed by atoms with E-state index in [1.807, 2.05) is 0 Å². The molecule has 0 atom stereocenters. The van der Waals surface area contributed by atoms with Crippen molar-refractivity contribution in [3.05, 3.63) is 12.2 Å². The van der Waals surface area contributed by atoms with Gasteiger partial charge in [0.05, 0.1) is 0 Å². The number of hydrogen-bond donors (Lipinski definition) is 1.